The van der Waals surface area contributed by atoms with E-state index in [1.165, 1.54) is 30.3 Å². The Hall–Kier alpha value is -3.50. The van der Waals surface area contributed by atoms with Crippen molar-refractivity contribution in [3.63, 3.8) is 0 Å². The second kappa shape index (κ2) is 7.62. The minimum absolute atomic E-state index is 0.108. The van der Waals surface area contributed by atoms with Gasteiger partial charge in [-0.15, -0.1) is 0 Å². The van der Waals surface area contributed by atoms with Gasteiger partial charge >= 0.3 is 5.97 Å². The first-order valence-electron chi connectivity index (χ1n) is 7.87. The highest BCUT2D eigenvalue weighted by molar-refractivity contribution is 7.89. The van der Waals surface area contributed by atoms with E-state index in [1.807, 2.05) is 0 Å². The summed E-state index contributed by atoms with van der Waals surface area (Å²) in [6.45, 7) is -0.633. The Morgan fingerprint density at radius 3 is 2.43 bits per heavy atom. The molecule has 0 fully saturated rings. The monoisotopic (exact) mass is 402 g/mol. The topological polar surface area (TPSA) is 146 Å². The Kier molecular flexibility index (Phi) is 5.25. The number of amides is 1. The molecule has 1 aromatic heterocycles. The number of para-hydroxylation sites is 1. The van der Waals surface area contributed by atoms with Crippen molar-refractivity contribution in [2.45, 2.75) is 4.90 Å². The van der Waals surface area contributed by atoms with Gasteiger partial charge in [-0.2, -0.15) is 0 Å². The van der Waals surface area contributed by atoms with Crippen molar-refractivity contribution >= 4 is 38.6 Å². The zero-order valence-corrected chi connectivity index (χ0v) is 15.1. The maximum absolute atomic E-state index is 12.0. The van der Waals surface area contributed by atoms with Crippen LogP contribution in [0.25, 0.3) is 11.0 Å². The lowest BCUT2D eigenvalue weighted by Gasteiger charge is -2.07. The molecule has 28 heavy (non-hydrogen) atoms. The molecule has 0 saturated heterocycles. The number of carbonyl (C=O) groups is 2. The summed E-state index contributed by atoms with van der Waals surface area (Å²) in [5, 5.41) is 7.73. The molecule has 0 atom stereocenters. The molecule has 0 unspecified atom stereocenters. The van der Waals surface area contributed by atoms with Crippen molar-refractivity contribution in [3.05, 3.63) is 70.6 Å². The summed E-state index contributed by atoms with van der Waals surface area (Å²) in [5.74, 6) is -1.96. The average molecular weight is 402 g/mol. The van der Waals surface area contributed by atoms with Gasteiger partial charge in [0.15, 0.2) is 12.0 Å². The Labute approximate surface area is 158 Å². The molecule has 144 valence electrons. The number of primary sulfonamides is 1. The molecule has 3 rings (SSSR count). The largest absolute Gasteiger partial charge is 0.450 e. The maximum Gasteiger partial charge on any atom is 0.374 e. The van der Waals surface area contributed by atoms with Gasteiger partial charge in [-0.25, -0.2) is 18.4 Å². The number of carbonyl (C=O) groups excluding carboxylic acids is 2. The first-order chi connectivity index (χ1) is 13.2. The number of sulfonamides is 1. The quantitative estimate of drug-likeness (QED) is 0.610. The second-order valence-electron chi connectivity index (χ2n) is 5.66. The Morgan fingerprint density at radius 1 is 1.07 bits per heavy atom. The van der Waals surface area contributed by atoms with E-state index in [0.717, 1.165) is 6.07 Å². The van der Waals surface area contributed by atoms with Crippen molar-refractivity contribution in [1.29, 1.82) is 0 Å². The number of nitrogens with two attached hydrogens (primary N) is 1. The maximum atomic E-state index is 12.0. The molecule has 0 radical (unpaired) electrons. The van der Waals surface area contributed by atoms with E-state index in [-0.39, 0.29) is 21.9 Å². The number of anilines is 1. The lowest BCUT2D eigenvalue weighted by molar-refractivity contribution is -0.119. The number of fused-ring (bicyclic) bond motifs is 1. The molecule has 3 N–H and O–H groups in total. The third-order valence-electron chi connectivity index (χ3n) is 3.64. The molecular weight excluding hydrogens is 388 g/mol. The number of hydrogen-bond acceptors (Lipinski definition) is 7. The SMILES string of the molecule is NS(=O)(=O)c1ccc(NC(=O)COC(=O)c2cc(=O)c3ccccc3o2)cc1. The van der Waals surface area contributed by atoms with E-state index in [4.69, 9.17) is 14.3 Å². The first kappa shape index (κ1) is 19.3. The Morgan fingerprint density at radius 2 is 1.75 bits per heavy atom. The zero-order chi connectivity index (χ0) is 20.3. The highest BCUT2D eigenvalue weighted by atomic mass is 32.2. The highest BCUT2D eigenvalue weighted by Crippen LogP contribution is 2.14. The molecular formula is C18H14N2O7S. The van der Waals surface area contributed by atoms with Crippen LogP contribution in [0.2, 0.25) is 0 Å². The van der Waals surface area contributed by atoms with E-state index in [2.05, 4.69) is 5.32 Å². The summed E-state index contributed by atoms with van der Waals surface area (Å²) in [7, 11) is -3.84. The third kappa shape index (κ3) is 4.42. The van der Waals surface area contributed by atoms with Crippen LogP contribution in [0.15, 0.2) is 68.7 Å². The second-order valence-corrected chi connectivity index (χ2v) is 7.23. The summed E-state index contributed by atoms with van der Waals surface area (Å²) >= 11 is 0. The van der Waals surface area contributed by atoms with Gasteiger partial charge in [0.1, 0.15) is 5.58 Å². The number of ether oxygens (including phenoxy) is 1. The summed E-state index contributed by atoms with van der Waals surface area (Å²) in [6, 6.07) is 12.5. The highest BCUT2D eigenvalue weighted by Gasteiger charge is 2.15. The molecule has 3 aromatic rings. The molecule has 1 amide bonds. The lowest BCUT2D eigenvalue weighted by atomic mass is 10.2. The normalized spacial score (nSPS) is 11.2. The Bertz CT molecular complexity index is 1210. The molecule has 0 aliphatic heterocycles. The predicted octanol–water partition coefficient (Wildman–Crippen LogP) is 1.24. The van der Waals surface area contributed by atoms with Gasteiger partial charge in [-0.1, -0.05) is 12.1 Å². The fraction of sp³-hybridized carbons (Fsp3) is 0.0556. The Balaban J connectivity index is 1.63. The third-order valence-corrected chi connectivity index (χ3v) is 4.57. The van der Waals surface area contributed by atoms with Gasteiger partial charge in [0.2, 0.25) is 15.8 Å². The summed E-state index contributed by atoms with van der Waals surface area (Å²) < 4.78 is 32.5. The molecule has 0 aliphatic rings. The van der Waals surface area contributed by atoms with Gasteiger partial charge in [0.25, 0.3) is 5.91 Å². The smallest absolute Gasteiger partial charge is 0.374 e. The number of hydrogen-bond donors (Lipinski definition) is 2. The van der Waals surface area contributed by atoms with Crippen LogP contribution in [-0.2, 0) is 19.6 Å². The van der Waals surface area contributed by atoms with E-state index in [9.17, 15) is 22.8 Å². The standard InChI is InChI=1S/C18H14N2O7S/c19-28(24,25)12-7-5-11(6-8-12)20-17(22)10-26-18(23)16-9-14(21)13-3-1-2-4-15(13)27-16/h1-9H,10H2,(H,20,22)(H2,19,24,25). The summed E-state index contributed by atoms with van der Waals surface area (Å²) in [5.41, 5.74) is 0.0974. The predicted molar refractivity (Wildman–Crippen MR) is 99.2 cm³/mol. The van der Waals surface area contributed by atoms with Crippen LogP contribution >= 0.6 is 0 Å². The van der Waals surface area contributed by atoms with Gasteiger partial charge in [0.05, 0.1) is 10.3 Å². The van der Waals surface area contributed by atoms with Crippen LogP contribution in [-0.4, -0.2) is 26.9 Å². The van der Waals surface area contributed by atoms with E-state index >= 15 is 0 Å². The number of rotatable bonds is 5. The summed E-state index contributed by atoms with van der Waals surface area (Å²) in [4.78, 5) is 35.8. The van der Waals surface area contributed by atoms with Gasteiger partial charge in [-0.05, 0) is 36.4 Å². The number of nitrogens with one attached hydrogen (secondary N) is 1. The number of benzene rings is 2. The fourth-order valence-corrected chi connectivity index (χ4v) is 2.85. The van der Waals surface area contributed by atoms with E-state index in [0.29, 0.717) is 5.39 Å². The molecule has 9 nitrogen and oxygen atoms in total. The molecule has 2 aromatic carbocycles. The zero-order valence-electron chi connectivity index (χ0n) is 14.2. The number of esters is 1. The molecule has 1 heterocycles. The van der Waals surface area contributed by atoms with Crippen molar-refractivity contribution in [2.24, 2.45) is 5.14 Å². The molecule has 0 spiro atoms. The van der Waals surface area contributed by atoms with Gasteiger partial charge in [-0.3, -0.25) is 9.59 Å². The van der Waals surface area contributed by atoms with Crippen LogP contribution in [0, 0.1) is 0 Å². The average Bonchev–Trinajstić information content (AvgIpc) is 2.66. The molecule has 10 heteroatoms. The van der Waals surface area contributed by atoms with Crippen molar-refractivity contribution in [1.82, 2.24) is 0 Å². The van der Waals surface area contributed by atoms with E-state index < -0.39 is 33.9 Å². The first-order valence-corrected chi connectivity index (χ1v) is 9.41. The van der Waals surface area contributed by atoms with E-state index in [1.54, 1.807) is 18.2 Å². The van der Waals surface area contributed by atoms with Crippen molar-refractivity contribution < 1.29 is 27.2 Å². The molecule has 0 bridgehead atoms. The van der Waals surface area contributed by atoms with Crippen LogP contribution in [0.3, 0.4) is 0 Å². The lowest BCUT2D eigenvalue weighted by Crippen LogP contribution is -2.21. The van der Waals surface area contributed by atoms with Gasteiger partial charge < -0.3 is 14.5 Å². The van der Waals surface area contributed by atoms with Crippen LogP contribution in [0.4, 0.5) is 5.69 Å². The fourth-order valence-electron chi connectivity index (χ4n) is 2.33. The van der Waals surface area contributed by atoms with Gasteiger partial charge in [0, 0.05) is 11.8 Å². The minimum Gasteiger partial charge on any atom is -0.450 e. The summed E-state index contributed by atoms with van der Waals surface area (Å²) in [6.07, 6.45) is 0. The van der Waals surface area contributed by atoms with Crippen molar-refractivity contribution in [3.8, 4) is 0 Å². The van der Waals surface area contributed by atoms with Crippen LogP contribution in [0.5, 0.6) is 0 Å². The van der Waals surface area contributed by atoms with Crippen molar-refractivity contribution in [2.75, 3.05) is 11.9 Å². The molecule has 0 aliphatic carbocycles. The van der Waals surface area contributed by atoms with Crippen LogP contribution < -0.4 is 15.9 Å². The van der Waals surface area contributed by atoms with Crippen LogP contribution in [0.1, 0.15) is 10.6 Å². The minimum atomic E-state index is -3.84. The molecule has 0 saturated carbocycles.